The average molecular weight is 542 g/mol. The van der Waals surface area contributed by atoms with Crippen molar-refractivity contribution in [2.75, 3.05) is 6.54 Å². The SMILES string of the molecule is CCC(=O)n1nnnc1-c1ccccc1-c1ccc(CN(C(=O)c2ccc(=O)[nH]c2)N2CCCC2C(=O)O)cc1. The number of carbonyl (C=O) groups is 3. The molecule has 5 rings (SSSR count). The summed E-state index contributed by atoms with van der Waals surface area (Å²) in [6, 6.07) is 16.9. The van der Waals surface area contributed by atoms with E-state index in [1.54, 1.807) is 11.9 Å². The van der Waals surface area contributed by atoms with Crippen LogP contribution in [0.2, 0.25) is 0 Å². The number of nitrogens with zero attached hydrogens (tertiary/aromatic N) is 6. The molecule has 1 atom stereocenters. The van der Waals surface area contributed by atoms with Crippen LogP contribution in [0.3, 0.4) is 0 Å². The molecule has 0 saturated carbocycles. The Labute approximate surface area is 228 Å². The van der Waals surface area contributed by atoms with Crippen molar-refractivity contribution in [1.29, 1.82) is 0 Å². The van der Waals surface area contributed by atoms with E-state index in [0.717, 1.165) is 16.7 Å². The fourth-order valence-electron chi connectivity index (χ4n) is 4.83. The van der Waals surface area contributed by atoms with E-state index >= 15 is 0 Å². The van der Waals surface area contributed by atoms with Crippen LogP contribution in [-0.2, 0) is 11.3 Å². The molecule has 0 radical (unpaired) electrons. The van der Waals surface area contributed by atoms with Gasteiger partial charge in [0.15, 0.2) is 5.82 Å². The molecule has 2 N–H and O–H groups in total. The number of hydrazine groups is 1. The van der Waals surface area contributed by atoms with Gasteiger partial charge < -0.3 is 10.1 Å². The highest BCUT2D eigenvalue weighted by Crippen LogP contribution is 2.31. The van der Waals surface area contributed by atoms with Gasteiger partial charge in [-0.05, 0) is 46.0 Å². The molecular weight excluding hydrogens is 514 g/mol. The molecular formula is C28H27N7O5. The molecule has 12 nitrogen and oxygen atoms in total. The number of hydrogen-bond donors (Lipinski definition) is 2. The Balaban J connectivity index is 1.46. The Hall–Kier alpha value is -4.97. The fourth-order valence-corrected chi connectivity index (χ4v) is 4.83. The number of carboxylic acid groups (broad SMARTS) is 1. The molecule has 2 aromatic heterocycles. The van der Waals surface area contributed by atoms with E-state index in [1.165, 1.54) is 28.0 Å². The van der Waals surface area contributed by atoms with Crippen LogP contribution in [0.15, 0.2) is 71.7 Å². The van der Waals surface area contributed by atoms with Gasteiger partial charge in [0.05, 0.1) is 12.1 Å². The van der Waals surface area contributed by atoms with E-state index in [-0.39, 0.29) is 30.0 Å². The molecule has 204 valence electrons. The van der Waals surface area contributed by atoms with Gasteiger partial charge in [-0.25, -0.2) is 5.01 Å². The third-order valence-corrected chi connectivity index (χ3v) is 6.86. The van der Waals surface area contributed by atoms with Crippen LogP contribution in [0, 0.1) is 0 Å². The predicted molar refractivity (Wildman–Crippen MR) is 144 cm³/mol. The maximum absolute atomic E-state index is 13.5. The third-order valence-electron chi connectivity index (χ3n) is 6.86. The fraction of sp³-hybridized carbons (Fsp3) is 0.250. The van der Waals surface area contributed by atoms with Gasteiger partial charge in [-0.1, -0.05) is 55.5 Å². The van der Waals surface area contributed by atoms with Gasteiger partial charge in [0.1, 0.15) is 6.04 Å². The second kappa shape index (κ2) is 11.4. The lowest BCUT2D eigenvalue weighted by atomic mass is 9.98. The van der Waals surface area contributed by atoms with Crippen LogP contribution >= 0.6 is 0 Å². The summed E-state index contributed by atoms with van der Waals surface area (Å²) in [5.74, 6) is -1.28. The molecule has 1 saturated heterocycles. The summed E-state index contributed by atoms with van der Waals surface area (Å²) < 4.78 is 1.20. The molecule has 4 aromatic rings. The van der Waals surface area contributed by atoms with Crippen LogP contribution < -0.4 is 5.56 Å². The van der Waals surface area contributed by atoms with E-state index in [0.29, 0.717) is 30.8 Å². The summed E-state index contributed by atoms with van der Waals surface area (Å²) in [6.07, 6.45) is 2.66. The lowest BCUT2D eigenvalue weighted by molar-refractivity contribution is -0.147. The first-order chi connectivity index (χ1) is 19.4. The summed E-state index contributed by atoms with van der Waals surface area (Å²) in [6.45, 7) is 2.29. The van der Waals surface area contributed by atoms with E-state index in [2.05, 4.69) is 20.5 Å². The number of aromatic nitrogens is 5. The van der Waals surface area contributed by atoms with Crippen molar-refractivity contribution in [3.63, 3.8) is 0 Å². The zero-order valence-electron chi connectivity index (χ0n) is 21.7. The highest BCUT2D eigenvalue weighted by molar-refractivity contribution is 5.94. The Morgan fingerprint density at radius 1 is 1.05 bits per heavy atom. The number of benzene rings is 2. The molecule has 3 heterocycles. The second-order valence-corrected chi connectivity index (χ2v) is 9.37. The van der Waals surface area contributed by atoms with Crippen molar-refractivity contribution >= 4 is 17.8 Å². The maximum Gasteiger partial charge on any atom is 0.322 e. The van der Waals surface area contributed by atoms with Gasteiger partial charge >= 0.3 is 5.97 Å². The van der Waals surface area contributed by atoms with E-state index in [9.17, 15) is 24.3 Å². The maximum atomic E-state index is 13.5. The Morgan fingerprint density at radius 2 is 1.80 bits per heavy atom. The van der Waals surface area contributed by atoms with Crippen LogP contribution in [0.5, 0.6) is 0 Å². The number of pyridine rings is 1. The summed E-state index contributed by atoms with van der Waals surface area (Å²) in [5, 5.41) is 24.4. The van der Waals surface area contributed by atoms with Crippen LogP contribution in [0.4, 0.5) is 0 Å². The normalized spacial score (nSPS) is 15.2. The average Bonchev–Trinajstić information content (AvgIpc) is 3.67. The van der Waals surface area contributed by atoms with Crippen molar-refractivity contribution in [3.8, 4) is 22.5 Å². The number of carboxylic acids is 1. The molecule has 1 fully saturated rings. The quantitative estimate of drug-likeness (QED) is 0.320. The van der Waals surface area contributed by atoms with Crippen molar-refractivity contribution in [3.05, 3.63) is 88.3 Å². The van der Waals surface area contributed by atoms with Crippen LogP contribution in [0.1, 0.15) is 46.9 Å². The lowest BCUT2D eigenvalue weighted by Gasteiger charge is -2.34. The van der Waals surface area contributed by atoms with E-state index in [4.69, 9.17) is 0 Å². The number of nitrogens with one attached hydrogen (secondary N) is 1. The van der Waals surface area contributed by atoms with Gasteiger partial charge in [-0.2, -0.15) is 4.68 Å². The highest BCUT2D eigenvalue weighted by atomic mass is 16.4. The number of aromatic amines is 1. The molecule has 40 heavy (non-hydrogen) atoms. The standard InChI is InChI=1S/C28H27N7O5/c1-2-25(37)35-26(30-31-32-35)22-7-4-3-6-21(22)19-11-9-18(10-12-19)17-34(33-15-5-8-23(33)28(39)40)27(38)20-13-14-24(36)29-16-20/h3-4,6-7,9-14,16,23H,2,5,8,15,17H2,1H3,(H,29,36)(H,39,40). The number of hydrogen-bond acceptors (Lipinski definition) is 8. The first-order valence-electron chi connectivity index (χ1n) is 12.9. The largest absolute Gasteiger partial charge is 0.480 e. The monoisotopic (exact) mass is 541 g/mol. The van der Waals surface area contributed by atoms with Crippen molar-refractivity contribution in [2.24, 2.45) is 0 Å². The molecule has 1 unspecified atom stereocenters. The summed E-state index contributed by atoms with van der Waals surface area (Å²) in [7, 11) is 0. The molecule has 0 spiro atoms. The smallest absolute Gasteiger partial charge is 0.322 e. The highest BCUT2D eigenvalue weighted by Gasteiger charge is 2.37. The lowest BCUT2D eigenvalue weighted by Crippen LogP contribution is -2.51. The summed E-state index contributed by atoms with van der Waals surface area (Å²) in [4.78, 5) is 51.8. The van der Waals surface area contributed by atoms with Crippen LogP contribution in [-0.4, -0.2) is 70.7 Å². The Bertz CT molecular complexity index is 1590. The molecule has 1 aliphatic heterocycles. The zero-order valence-corrected chi connectivity index (χ0v) is 21.7. The van der Waals surface area contributed by atoms with Gasteiger partial charge in [0.2, 0.25) is 11.5 Å². The number of carbonyl (C=O) groups excluding carboxylic acids is 2. The zero-order chi connectivity index (χ0) is 28.2. The number of rotatable bonds is 8. The summed E-state index contributed by atoms with van der Waals surface area (Å²) >= 11 is 0. The molecule has 0 aliphatic carbocycles. The number of H-pyrrole nitrogens is 1. The van der Waals surface area contributed by atoms with Crippen molar-refractivity contribution in [1.82, 2.24) is 35.2 Å². The van der Waals surface area contributed by atoms with Crippen molar-refractivity contribution in [2.45, 2.75) is 38.8 Å². The number of tetrazole rings is 1. The minimum atomic E-state index is -0.993. The molecule has 1 amide bonds. The topological polar surface area (TPSA) is 154 Å². The van der Waals surface area contributed by atoms with E-state index in [1.807, 2.05) is 48.5 Å². The van der Waals surface area contributed by atoms with Gasteiger partial charge in [0, 0.05) is 30.8 Å². The molecule has 12 heteroatoms. The first-order valence-corrected chi connectivity index (χ1v) is 12.9. The second-order valence-electron chi connectivity index (χ2n) is 9.37. The van der Waals surface area contributed by atoms with Crippen LogP contribution in [0.25, 0.3) is 22.5 Å². The molecule has 2 aromatic carbocycles. The van der Waals surface area contributed by atoms with Gasteiger partial charge in [-0.15, -0.1) is 5.10 Å². The Kier molecular flexibility index (Phi) is 7.60. The predicted octanol–water partition coefficient (Wildman–Crippen LogP) is 2.85. The van der Waals surface area contributed by atoms with E-state index < -0.39 is 17.9 Å². The van der Waals surface area contributed by atoms with Gasteiger partial charge in [-0.3, -0.25) is 24.2 Å². The summed E-state index contributed by atoms with van der Waals surface area (Å²) in [5.41, 5.74) is 3.05. The molecule has 0 bridgehead atoms. The Morgan fingerprint density at radius 3 is 2.48 bits per heavy atom. The number of aliphatic carboxylic acids is 1. The van der Waals surface area contributed by atoms with Crippen molar-refractivity contribution < 1.29 is 19.5 Å². The third kappa shape index (κ3) is 5.29. The van der Waals surface area contributed by atoms with Gasteiger partial charge in [0.25, 0.3) is 5.91 Å². The minimum absolute atomic E-state index is 0.132. The first kappa shape index (κ1) is 26.6. The molecule has 1 aliphatic rings. The minimum Gasteiger partial charge on any atom is -0.480 e. The number of amides is 1.